The largest absolute Gasteiger partial charge is 0.459 e. The molecule has 0 fully saturated rings. The van der Waals surface area contributed by atoms with Crippen molar-refractivity contribution in [1.82, 2.24) is 10.6 Å². The summed E-state index contributed by atoms with van der Waals surface area (Å²) in [5.74, 6) is 1.28. The molecular formula is C21H15BrN2O3S. The first-order valence-electron chi connectivity index (χ1n) is 8.51. The molecule has 2 N–H and O–H groups in total. The number of furan rings is 2. The van der Waals surface area contributed by atoms with Gasteiger partial charge in [0, 0.05) is 15.4 Å². The third-order valence-corrected chi connectivity index (χ3v) is 4.87. The molecule has 7 heteroatoms. The van der Waals surface area contributed by atoms with Crippen LogP contribution in [0.5, 0.6) is 0 Å². The molecule has 0 saturated heterocycles. The molecule has 2 aromatic carbocycles. The summed E-state index contributed by atoms with van der Waals surface area (Å²) >= 11 is 8.61. The van der Waals surface area contributed by atoms with Crippen molar-refractivity contribution in [3.8, 4) is 11.3 Å². The van der Waals surface area contributed by atoms with Gasteiger partial charge in [0.25, 0.3) is 5.91 Å². The lowest BCUT2D eigenvalue weighted by Crippen LogP contribution is -2.38. The number of carbonyl (C=O) groups excluding carboxylic acids is 1. The second-order valence-electron chi connectivity index (χ2n) is 6.06. The Labute approximate surface area is 174 Å². The number of nitrogens with one attached hydrogen (secondary N) is 2. The minimum Gasteiger partial charge on any atom is -0.459 e. The first kappa shape index (κ1) is 18.5. The molecule has 5 nitrogen and oxygen atoms in total. The first-order chi connectivity index (χ1) is 13.6. The Morgan fingerprint density at radius 1 is 1.00 bits per heavy atom. The normalized spacial score (nSPS) is 10.8. The number of hydrogen-bond acceptors (Lipinski definition) is 4. The van der Waals surface area contributed by atoms with Gasteiger partial charge in [0.2, 0.25) is 0 Å². The summed E-state index contributed by atoms with van der Waals surface area (Å²) in [7, 11) is 0. The minimum atomic E-state index is -0.399. The van der Waals surface area contributed by atoms with Gasteiger partial charge < -0.3 is 14.2 Å². The van der Waals surface area contributed by atoms with E-state index in [-0.39, 0.29) is 10.9 Å². The van der Waals surface area contributed by atoms with E-state index in [1.165, 1.54) is 0 Å². The zero-order valence-electron chi connectivity index (χ0n) is 14.6. The van der Waals surface area contributed by atoms with E-state index in [0.29, 0.717) is 17.9 Å². The lowest BCUT2D eigenvalue weighted by molar-refractivity contribution is 0.0951. The number of hydrogen-bond donors (Lipinski definition) is 2. The van der Waals surface area contributed by atoms with Crippen LogP contribution in [-0.4, -0.2) is 11.0 Å². The maximum atomic E-state index is 12.3. The summed E-state index contributed by atoms with van der Waals surface area (Å²) in [5, 5.41) is 6.64. The molecule has 0 aliphatic rings. The van der Waals surface area contributed by atoms with Gasteiger partial charge in [-0.05, 0) is 48.6 Å². The third-order valence-electron chi connectivity index (χ3n) is 4.09. The van der Waals surface area contributed by atoms with Gasteiger partial charge in [-0.2, -0.15) is 0 Å². The SMILES string of the molecule is O=C(NC(=S)NCc1ccc(-c2ccc(Br)cc2)o1)c1cc2ccccc2o1. The molecule has 1 amide bonds. The Morgan fingerprint density at radius 2 is 1.79 bits per heavy atom. The van der Waals surface area contributed by atoms with E-state index in [9.17, 15) is 4.79 Å². The second-order valence-corrected chi connectivity index (χ2v) is 7.38. The monoisotopic (exact) mass is 454 g/mol. The molecule has 28 heavy (non-hydrogen) atoms. The van der Waals surface area contributed by atoms with Gasteiger partial charge in [-0.25, -0.2) is 0 Å². The van der Waals surface area contributed by atoms with Crippen LogP contribution in [0.15, 0.2) is 80.0 Å². The van der Waals surface area contributed by atoms with Crippen LogP contribution in [0.3, 0.4) is 0 Å². The number of para-hydroxylation sites is 1. The van der Waals surface area contributed by atoms with Crippen molar-refractivity contribution in [3.05, 3.63) is 82.7 Å². The Bertz CT molecular complexity index is 1110. The van der Waals surface area contributed by atoms with E-state index in [1.54, 1.807) is 6.07 Å². The number of benzene rings is 2. The standard InChI is InChI=1S/C21H15BrN2O3S/c22-15-7-5-13(6-8-15)18-10-9-16(26-18)12-23-21(28)24-20(25)19-11-14-3-1-2-4-17(14)27-19/h1-11H,12H2,(H2,23,24,25,28). The van der Waals surface area contributed by atoms with Crippen molar-refractivity contribution < 1.29 is 13.6 Å². The highest BCUT2D eigenvalue weighted by molar-refractivity contribution is 9.10. The number of thiocarbonyl (C=S) groups is 1. The lowest BCUT2D eigenvalue weighted by atomic mass is 10.2. The lowest BCUT2D eigenvalue weighted by Gasteiger charge is -2.07. The van der Waals surface area contributed by atoms with E-state index in [0.717, 1.165) is 21.2 Å². The average Bonchev–Trinajstić information content (AvgIpc) is 3.34. The predicted molar refractivity (Wildman–Crippen MR) is 115 cm³/mol. The third kappa shape index (κ3) is 4.16. The zero-order chi connectivity index (χ0) is 19.5. The molecule has 0 bridgehead atoms. The van der Waals surface area contributed by atoms with E-state index in [4.69, 9.17) is 21.1 Å². The van der Waals surface area contributed by atoms with Gasteiger partial charge in [0.05, 0.1) is 6.54 Å². The molecule has 4 aromatic rings. The molecule has 0 aliphatic carbocycles. The molecule has 4 rings (SSSR count). The summed E-state index contributed by atoms with van der Waals surface area (Å²) in [4.78, 5) is 12.3. The summed E-state index contributed by atoms with van der Waals surface area (Å²) < 4.78 is 12.4. The second kappa shape index (κ2) is 8.00. The van der Waals surface area contributed by atoms with Gasteiger partial charge in [-0.15, -0.1) is 0 Å². The smallest absolute Gasteiger partial charge is 0.293 e. The molecule has 0 saturated carbocycles. The van der Waals surface area contributed by atoms with Crippen LogP contribution in [0.25, 0.3) is 22.3 Å². The van der Waals surface area contributed by atoms with Crippen molar-refractivity contribution in [3.63, 3.8) is 0 Å². The van der Waals surface area contributed by atoms with Gasteiger partial charge in [0.15, 0.2) is 10.9 Å². The highest BCUT2D eigenvalue weighted by Crippen LogP contribution is 2.24. The van der Waals surface area contributed by atoms with E-state index >= 15 is 0 Å². The molecule has 0 radical (unpaired) electrons. The summed E-state index contributed by atoms with van der Waals surface area (Å²) in [6.07, 6.45) is 0. The molecule has 2 aromatic heterocycles. The van der Waals surface area contributed by atoms with Crippen LogP contribution >= 0.6 is 28.1 Å². The van der Waals surface area contributed by atoms with E-state index in [2.05, 4.69) is 26.6 Å². The van der Waals surface area contributed by atoms with E-state index in [1.807, 2.05) is 60.7 Å². The Hall–Kier alpha value is -2.90. The van der Waals surface area contributed by atoms with Crippen LogP contribution < -0.4 is 10.6 Å². The topological polar surface area (TPSA) is 67.4 Å². The molecule has 0 atom stereocenters. The maximum Gasteiger partial charge on any atom is 0.293 e. The fourth-order valence-corrected chi connectivity index (χ4v) is 3.14. The van der Waals surface area contributed by atoms with Crippen molar-refractivity contribution in [2.24, 2.45) is 0 Å². The quantitative estimate of drug-likeness (QED) is 0.411. The van der Waals surface area contributed by atoms with Gasteiger partial charge >= 0.3 is 0 Å². The van der Waals surface area contributed by atoms with Crippen LogP contribution in [0.2, 0.25) is 0 Å². The van der Waals surface area contributed by atoms with Crippen LogP contribution in [-0.2, 0) is 6.54 Å². The summed E-state index contributed by atoms with van der Waals surface area (Å²) in [5.41, 5.74) is 1.64. The fraction of sp³-hybridized carbons (Fsp3) is 0.0476. The van der Waals surface area contributed by atoms with Crippen molar-refractivity contribution in [2.75, 3.05) is 0 Å². The maximum absolute atomic E-state index is 12.3. The van der Waals surface area contributed by atoms with Gasteiger partial charge in [-0.3, -0.25) is 10.1 Å². The molecule has 2 heterocycles. The Morgan fingerprint density at radius 3 is 2.57 bits per heavy atom. The van der Waals surface area contributed by atoms with Crippen molar-refractivity contribution >= 4 is 50.1 Å². The highest BCUT2D eigenvalue weighted by Gasteiger charge is 2.13. The van der Waals surface area contributed by atoms with Crippen LogP contribution in [0.1, 0.15) is 16.3 Å². The van der Waals surface area contributed by atoms with Gasteiger partial charge in [-0.1, -0.05) is 46.3 Å². The van der Waals surface area contributed by atoms with Crippen LogP contribution in [0, 0.1) is 0 Å². The first-order valence-corrected chi connectivity index (χ1v) is 9.71. The fourth-order valence-electron chi connectivity index (χ4n) is 2.71. The number of amides is 1. The number of fused-ring (bicyclic) bond motifs is 1. The summed E-state index contributed by atoms with van der Waals surface area (Å²) in [6.45, 7) is 0.357. The Balaban J connectivity index is 1.34. The average molecular weight is 455 g/mol. The van der Waals surface area contributed by atoms with Gasteiger partial charge in [0.1, 0.15) is 17.1 Å². The van der Waals surface area contributed by atoms with Crippen LogP contribution in [0.4, 0.5) is 0 Å². The number of rotatable bonds is 4. The minimum absolute atomic E-state index is 0.201. The summed E-state index contributed by atoms with van der Waals surface area (Å²) in [6, 6.07) is 20.7. The molecular weight excluding hydrogens is 440 g/mol. The number of halogens is 1. The van der Waals surface area contributed by atoms with Crippen molar-refractivity contribution in [2.45, 2.75) is 6.54 Å². The van der Waals surface area contributed by atoms with E-state index < -0.39 is 5.91 Å². The number of carbonyl (C=O) groups is 1. The molecule has 0 spiro atoms. The van der Waals surface area contributed by atoms with Crippen molar-refractivity contribution in [1.29, 1.82) is 0 Å². The Kier molecular flexibility index (Phi) is 5.27. The molecule has 140 valence electrons. The highest BCUT2D eigenvalue weighted by atomic mass is 79.9. The zero-order valence-corrected chi connectivity index (χ0v) is 17.0. The molecule has 0 aliphatic heterocycles. The molecule has 0 unspecified atom stereocenters. The predicted octanol–water partition coefficient (Wildman–Crippen LogP) is 5.26.